The molecule has 6 heteroatoms. The maximum atomic E-state index is 12.8. The SMILES string of the molecule is CCn1nc(-c2cccc(Cl)c2)c(C(C)=O)c(Nc2ccccc2)c1=O. The van der Waals surface area contributed by atoms with Gasteiger partial charge >= 0.3 is 0 Å². The molecule has 1 aromatic heterocycles. The number of hydrogen-bond donors (Lipinski definition) is 1. The Labute approximate surface area is 156 Å². The minimum Gasteiger partial charge on any atom is -0.350 e. The van der Waals surface area contributed by atoms with Gasteiger partial charge in [0.2, 0.25) is 0 Å². The van der Waals surface area contributed by atoms with Crippen LogP contribution >= 0.6 is 11.6 Å². The second kappa shape index (κ2) is 7.54. The number of hydrogen-bond acceptors (Lipinski definition) is 4. The first-order chi connectivity index (χ1) is 12.5. The minimum absolute atomic E-state index is 0.218. The second-order valence-electron chi connectivity index (χ2n) is 5.78. The fourth-order valence-corrected chi connectivity index (χ4v) is 2.94. The molecule has 3 aromatic rings. The van der Waals surface area contributed by atoms with Crippen molar-refractivity contribution in [1.82, 2.24) is 9.78 Å². The van der Waals surface area contributed by atoms with Crippen LogP contribution in [0.5, 0.6) is 0 Å². The predicted octanol–water partition coefficient (Wildman–Crippen LogP) is 4.53. The highest BCUT2D eigenvalue weighted by Gasteiger charge is 2.22. The first kappa shape index (κ1) is 17.9. The van der Waals surface area contributed by atoms with E-state index in [1.54, 1.807) is 18.2 Å². The second-order valence-corrected chi connectivity index (χ2v) is 6.21. The summed E-state index contributed by atoms with van der Waals surface area (Å²) in [6.07, 6.45) is 0. The molecule has 1 heterocycles. The number of para-hydroxylation sites is 1. The molecule has 5 nitrogen and oxygen atoms in total. The minimum atomic E-state index is -0.340. The van der Waals surface area contributed by atoms with Crippen LogP contribution in [0.15, 0.2) is 59.4 Å². The molecule has 0 spiro atoms. The van der Waals surface area contributed by atoms with E-state index in [9.17, 15) is 9.59 Å². The van der Waals surface area contributed by atoms with E-state index in [1.165, 1.54) is 11.6 Å². The molecule has 26 heavy (non-hydrogen) atoms. The van der Waals surface area contributed by atoms with Crippen molar-refractivity contribution in [2.24, 2.45) is 0 Å². The molecule has 0 radical (unpaired) electrons. The van der Waals surface area contributed by atoms with E-state index in [4.69, 9.17) is 11.6 Å². The number of Topliss-reactive ketones (excluding diaryl/α,β-unsaturated/α-hetero) is 1. The maximum Gasteiger partial charge on any atom is 0.291 e. The number of carbonyl (C=O) groups excluding carboxylic acids is 1. The molecular formula is C20H18ClN3O2. The van der Waals surface area contributed by atoms with E-state index < -0.39 is 0 Å². The number of ketones is 1. The molecule has 132 valence electrons. The standard InChI is InChI=1S/C20H18ClN3O2/c1-3-24-20(26)19(22-16-10-5-4-6-11-16)17(13(2)25)18(23-24)14-8-7-9-15(21)12-14/h4-12,22H,3H2,1-2H3. The van der Waals surface area contributed by atoms with Gasteiger partial charge in [-0.1, -0.05) is 41.9 Å². The summed E-state index contributed by atoms with van der Waals surface area (Å²) in [4.78, 5) is 25.3. The Morgan fingerprint density at radius 3 is 2.50 bits per heavy atom. The lowest BCUT2D eigenvalue weighted by atomic mass is 10.0. The normalized spacial score (nSPS) is 10.6. The zero-order valence-corrected chi connectivity index (χ0v) is 15.2. The predicted molar refractivity (Wildman–Crippen MR) is 104 cm³/mol. The summed E-state index contributed by atoms with van der Waals surface area (Å²) in [5, 5.41) is 8.04. The first-order valence-electron chi connectivity index (χ1n) is 8.25. The quantitative estimate of drug-likeness (QED) is 0.673. The lowest BCUT2D eigenvalue weighted by Crippen LogP contribution is -2.28. The fourth-order valence-electron chi connectivity index (χ4n) is 2.75. The number of nitrogens with one attached hydrogen (secondary N) is 1. The fraction of sp³-hybridized carbons (Fsp3) is 0.150. The Hall–Kier alpha value is -2.92. The van der Waals surface area contributed by atoms with Gasteiger partial charge in [0.25, 0.3) is 5.56 Å². The number of anilines is 2. The van der Waals surface area contributed by atoms with Gasteiger partial charge in [-0.05, 0) is 38.1 Å². The Morgan fingerprint density at radius 1 is 1.15 bits per heavy atom. The van der Waals surface area contributed by atoms with Gasteiger partial charge in [0.15, 0.2) is 5.78 Å². The van der Waals surface area contributed by atoms with Crippen LogP contribution in [0.3, 0.4) is 0 Å². The lowest BCUT2D eigenvalue weighted by molar-refractivity contribution is 0.101. The summed E-state index contributed by atoms with van der Waals surface area (Å²) in [5.41, 5.74) is 1.97. The molecule has 0 bridgehead atoms. The van der Waals surface area contributed by atoms with Gasteiger partial charge in [-0.25, -0.2) is 4.68 Å². The lowest BCUT2D eigenvalue weighted by Gasteiger charge is -2.16. The van der Waals surface area contributed by atoms with Gasteiger partial charge in [0.05, 0.1) is 5.56 Å². The van der Waals surface area contributed by atoms with Crippen LogP contribution in [0.4, 0.5) is 11.4 Å². The van der Waals surface area contributed by atoms with Gasteiger partial charge in [-0.15, -0.1) is 0 Å². The molecular weight excluding hydrogens is 350 g/mol. The van der Waals surface area contributed by atoms with Crippen molar-refractivity contribution >= 4 is 28.8 Å². The van der Waals surface area contributed by atoms with Crippen molar-refractivity contribution < 1.29 is 4.79 Å². The first-order valence-corrected chi connectivity index (χ1v) is 8.63. The van der Waals surface area contributed by atoms with Crippen molar-refractivity contribution in [3.8, 4) is 11.3 Å². The monoisotopic (exact) mass is 367 g/mol. The summed E-state index contributed by atoms with van der Waals surface area (Å²) in [7, 11) is 0. The number of benzene rings is 2. The van der Waals surface area contributed by atoms with Crippen molar-refractivity contribution in [1.29, 1.82) is 0 Å². The van der Waals surface area contributed by atoms with Crippen molar-refractivity contribution in [2.45, 2.75) is 20.4 Å². The van der Waals surface area contributed by atoms with Crippen LogP contribution in [0.1, 0.15) is 24.2 Å². The number of aromatic nitrogens is 2. The average molecular weight is 368 g/mol. The molecule has 2 aromatic carbocycles. The van der Waals surface area contributed by atoms with Crippen LogP contribution < -0.4 is 10.9 Å². The van der Waals surface area contributed by atoms with Crippen LogP contribution in [0, 0.1) is 0 Å². The van der Waals surface area contributed by atoms with E-state index in [0.29, 0.717) is 22.8 Å². The number of halogens is 1. The molecule has 0 aliphatic carbocycles. The third-order valence-corrected chi connectivity index (χ3v) is 4.18. The third kappa shape index (κ3) is 3.53. The van der Waals surface area contributed by atoms with Crippen molar-refractivity contribution in [3.05, 3.63) is 75.5 Å². The number of aryl methyl sites for hydroxylation is 1. The van der Waals surface area contributed by atoms with Gasteiger partial charge in [0.1, 0.15) is 11.4 Å². The molecule has 0 aliphatic rings. The average Bonchev–Trinajstić information content (AvgIpc) is 2.63. The summed E-state index contributed by atoms with van der Waals surface area (Å²) < 4.78 is 1.34. The summed E-state index contributed by atoms with van der Waals surface area (Å²) in [5.74, 6) is -0.244. The Morgan fingerprint density at radius 2 is 1.88 bits per heavy atom. The molecule has 0 saturated carbocycles. The van der Waals surface area contributed by atoms with Gasteiger partial charge in [-0.2, -0.15) is 5.10 Å². The zero-order valence-electron chi connectivity index (χ0n) is 14.5. The van der Waals surface area contributed by atoms with Crippen LogP contribution in [0.25, 0.3) is 11.3 Å². The highest BCUT2D eigenvalue weighted by Crippen LogP contribution is 2.29. The third-order valence-electron chi connectivity index (χ3n) is 3.95. The molecule has 0 atom stereocenters. The van der Waals surface area contributed by atoms with Gasteiger partial charge < -0.3 is 5.32 Å². The molecule has 3 rings (SSSR count). The molecule has 0 aliphatic heterocycles. The summed E-state index contributed by atoms with van der Waals surface area (Å²) in [6, 6.07) is 16.3. The molecule has 0 unspecified atom stereocenters. The number of rotatable bonds is 5. The Bertz CT molecular complexity index is 1010. The summed E-state index contributed by atoms with van der Waals surface area (Å²) in [6.45, 7) is 3.64. The van der Waals surface area contributed by atoms with E-state index in [-0.39, 0.29) is 22.6 Å². The largest absolute Gasteiger partial charge is 0.350 e. The Balaban J connectivity index is 2.29. The molecule has 0 saturated heterocycles. The van der Waals surface area contributed by atoms with E-state index in [1.807, 2.05) is 43.3 Å². The van der Waals surface area contributed by atoms with Crippen LogP contribution in [-0.4, -0.2) is 15.6 Å². The molecule has 1 N–H and O–H groups in total. The molecule has 0 fully saturated rings. The van der Waals surface area contributed by atoms with E-state index >= 15 is 0 Å². The number of carbonyl (C=O) groups is 1. The maximum absolute atomic E-state index is 12.8. The van der Waals surface area contributed by atoms with Gasteiger partial charge in [-0.3, -0.25) is 9.59 Å². The highest BCUT2D eigenvalue weighted by molar-refractivity contribution is 6.30. The topological polar surface area (TPSA) is 64.0 Å². The van der Waals surface area contributed by atoms with Crippen LogP contribution in [-0.2, 0) is 6.54 Å². The van der Waals surface area contributed by atoms with E-state index in [0.717, 1.165) is 5.69 Å². The highest BCUT2D eigenvalue weighted by atomic mass is 35.5. The van der Waals surface area contributed by atoms with Gasteiger partial charge in [0, 0.05) is 22.8 Å². The zero-order chi connectivity index (χ0) is 18.7. The molecule has 0 amide bonds. The van der Waals surface area contributed by atoms with Crippen LogP contribution in [0.2, 0.25) is 5.02 Å². The number of nitrogens with zero attached hydrogens (tertiary/aromatic N) is 2. The Kier molecular flexibility index (Phi) is 5.19. The van der Waals surface area contributed by atoms with Crippen molar-refractivity contribution in [3.63, 3.8) is 0 Å². The van der Waals surface area contributed by atoms with Crippen molar-refractivity contribution in [2.75, 3.05) is 5.32 Å². The van der Waals surface area contributed by atoms with E-state index in [2.05, 4.69) is 10.4 Å². The summed E-state index contributed by atoms with van der Waals surface area (Å²) >= 11 is 6.10. The smallest absolute Gasteiger partial charge is 0.291 e.